The van der Waals surface area contributed by atoms with E-state index in [2.05, 4.69) is 21.0 Å². The Labute approximate surface area is 153 Å². The first-order valence-corrected chi connectivity index (χ1v) is 7.92. The monoisotopic (exact) mass is 365 g/mol. The molecule has 3 aromatic rings. The summed E-state index contributed by atoms with van der Waals surface area (Å²) in [4.78, 5) is 34.7. The van der Waals surface area contributed by atoms with Crippen LogP contribution >= 0.6 is 0 Å². The van der Waals surface area contributed by atoms with E-state index in [1.165, 1.54) is 12.1 Å². The minimum Gasteiger partial charge on any atom is -0.272 e. The first-order valence-electron chi connectivity index (χ1n) is 7.92. The minimum absolute atomic E-state index is 0.0964. The molecule has 0 saturated heterocycles. The number of carbonyl (C=O) groups is 2. The second-order valence-electron chi connectivity index (χ2n) is 5.70. The zero-order valence-electron chi connectivity index (χ0n) is 14.2. The van der Waals surface area contributed by atoms with Crippen molar-refractivity contribution < 1.29 is 14.5 Å². The molecule has 3 rings (SSSR count). The van der Waals surface area contributed by atoms with Crippen molar-refractivity contribution in [2.24, 2.45) is 0 Å². The van der Waals surface area contributed by atoms with E-state index in [9.17, 15) is 19.7 Å². The van der Waals surface area contributed by atoms with E-state index in [4.69, 9.17) is 0 Å². The number of nitro groups is 1. The molecule has 0 saturated carbocycles. The third-order valence-electron chi connectivity index (χ3n) is 3.86. The van der Waals surface area contributed by atoms with Crippen LogP contribution in [0.2, 0.25) is 0 Å². The van der Waals surface area contributed by atoms with Gasteiger partial charge in [-0.05, 0) is 18.6 Å². The minimum atomic E-state index is -0.660. The van der Waals surface area contributed by atoms with E-state index in [1.807, 2.05) is 30.3 Å². The number of amides is 2. The first kappa shape index (κ1) is 17.8. The van der Waals surface area contributed by atoms with Gasteiger partial charge in [-0.15, -0.1) is 0 Å². The molecule has 27 heavy (non-hydrogen) atoms. The molecule has 0 aliphatic rings. The summed E-state index contributed by atoms with van der Waals surface area (Å²) in [5.41, 5.74) is 6.51. The molecule has 2 aromatic carbocycles. The van der Waals surface area contributed by atoms with Gasteiger partial charge in [0, 0.05) is 17.7 Å². The molecular formula is C18H15N5O4. The quantitative estimate of drug-likeness (QED) is 0.483. The number of nitro benzene ring substituents is 1. The van der Waals surface area contributed by atoms with Gasteiger partial charge in [0.1, 0.15) is 5.69 Å². The highest BCUT2D eigenvalue weighted by molar-refractivity contribution is 5.99. The number of nitrogens with one attached hydrogen (secondary N) is 3. The molecule has 0 aliphatic heterocycles. The van der Waals surface area contributed by atoms with Gasteiger partial charge in [-0.1, -0.05) is 36.4 Å². The molecule has 0 fully saturated rings. The summed E-state index contributed by atoms with van der Waals surface area (Å²) >= 11 is 0. The highest BCUT2D eigenvalue weighted by Gasteiger charge is 2.16. The molecule has 0 spiro atoms. The van der Waals surface area contributed by atoms with Crippen LogP contribution in [0.4, 0.5) is 5.69 Å². The van der Waals surface area contributed by atoms with Gasteiger partial charge in [-0.2, -0.15) is 5.10 Å². The average Bonchev–Trinajstić information content (AvgIpc) is 3.17. The van der Waals surface area contributed by atoms with Crippen molar-refractivity contribution in [1.82, 2.24) is 21.0 Å². The summed E-state index contributed by atoms with van der Waals surface area (Å²) in [5.74, 6) is -1.26. The Kier molecular flexibility index (Phi) is 4.93. The summed E-state index contributed by atoms with van der Waals surface area (Å²) in [7, 11) is 0. The molecule has 3 N–H and O–H groups in total. The number of aryl methyl sites for hydroxylation is 1. The zero-order chi connectivity index (χ0) is 19.4. The Balaban J connectivity index is 1.68. The fraction of sp³-hybridized carbons (Fsp3) is 0.0556. The lowest BCUT2D eigenvalue weighted by Crippen LogP contribution is -2.42. The van der Waals surface area contributed by atoms with Gasteiger partial charge in [-0.3, -0.25) is 35.7 Å². The molecule has 1 heterocycles. The highest BCUT2D eigenvalue weighted by atomic mass is 16.6. The van der Waals surface area contributed by atoms with E-state index in [0.717, 1.165) is 11.6 Å². The predicted molar refractivity (Wildman–Crippen MR) is 96.8 cm³/mol. The fourth-order valence-electron chi connectivity index (χ4n) is 2.41. The smallest absolute Gasteiger partial charge is 0.272 e. The number of hydrazine groups is 1. The lowest BCUT2D eigenvalue weighted by Gasteiger charge is -2.08. The number of aromatic nitrogens is 2. The Morgan fingerprint density at radius 3 is 2.44 bits per heavy atom. The molecule has 9 heteroatoms. The first-order chi connectivity index (χ1) is 13.0. The van der Waals surface area contributed by atoms with Crippen molar-refractivity contribution in [2.75, 3.05) is 0 Å². The van der Waals surface area contributed by atoms with Gasteiger partial charge in [0.05, 0.1) is 16.2 Å². The molecular weight excluding hydrogens is 350 g/mol. The lowest BCUT2D eigenvalue weighted by atomic mass is 10.1. The third kappa shape index (κ3) is 3.98. The van der Waals surface area contributed by atoms with Crippen molar-refractivity contribution in [3.8, 4) is 11.3 Å². The number of carbonyl (C=O) groups excluding carboxylic acids is 2. The van der Waals surface area contributed by atoms with Crippen LogP contribution in [0.1, 0.15) is 26.4 Å². The maximum Gasteiger partial charge on any atom is 0.287 e. The molecule has 0 bridgehead atoms. The van der Waals surface area contributed by atoms with Crippen molar-refractivity contribution in [3.63, 3.8) is 0 Å². The van der Waals surface area contributed by atoms with Gasteiger partial charge in [0.2, 0.25) is 0 Å². The van der Waals surface area contributed by atoms with Crippen LogP contribution in [0.15, 0.2) is 54.6 Å². The maximum absolute atomic E-state index is 12.2. The lowest BCUT2D eigenvalue weighted by molar-refractivity contribution is -0.384. The number of hydrogen-bond donors (Lipinski definition) is 3. The van der Waals surface area contributed by atoms with Crippen molar-refractivity contribution in [1.29, 1.82) is 0 Å². The molecule has 9 nitrogen and oxygen atoms in total. The second kappa shape index (κ2) is 7.48. The molecule has 136 valence electrons. The van der Waals surface area contributed by atoms with Crippen LogP contribution in [0.25, 0.3) is 11.3 Å². The van der Waals surface area contributed by atoms with E-state index in [-0.39, 0.29) is 16.9 Å². The number of non-ortho nitro benzene ring substituents is 1. The van der Waals surface area contributed by atoms with Gasteiger partial charge in [0.15, 0.2) is 0 Å². The zero-order valence-corrected chi connectivity index (χ0v) is 14.2. The van der Waals surface area contributed by atoms with Crippen LogP contribution in [-0.4, -0.2) is 26.9 Å². The van der Waals surface area contributed by atoms with Crippen LogP contribution < -0.4 is 10.9 Å². The molecule has 1 aromatic heterocycles. The van der Waals surface area contributed by atoms with E-state index in [1.54, 1.807) is 13.0 Å². The van der Waals surface area contributed by atoms with E-state index >= 15 is 0 Å². The number of hydrogen-bond acceptors (Lipinski definition) is 5. The van der Waals surface area contributed by atoms with Crippen LogP contribution in [-0.2, 0) is 0 Å². The Bertz CT molecular complexity index is 1010. The fourth-order valence-corrected chi connectivity index (χ4v) is 2.41. The van der Waals surface area contributed by atoms with Gasteiger partial charge >= 0.3 is 0 Å². The Hall–Kier alpha value is -4.01. The SMILES string of the molecule is Cc1ccc([N+](=O)[O-])cc1C(=O)NNC(=O)c1cc(-c2ccccc2)n[nH]1. The van der Waals surface area contributed by atoms with Crippen LogP contribution in [0.5, 0.6) is 0 Å². The second-order valence-corrected chi connectivity index (χ2v) is 5.70. The number of rotatable bonds is 4. The largest absolute Gasteiger partial charge is 0.287 e. The van der Waals surface area contributed by atoms with E-state index in [0.29, 0.717) is 11.3 Å². The standard InChI is InChI=1S/C18H15N5O4/c1-11-7-8-13(23(26)27)9-14(11)17(24)21-22-18(25)16-10-15(19-20-16)12-5-3-2-4-6-12/h2-10H,1H3,(H,19,20)(H,21,24)(H,22,25). The molecule has 0 radical (unpaired) electrons. The normalized spacial score (nSPS) is 10.3. The Morgan fingerprint density at radius 1 is 1.04 bits per heavy atom. The third-order valence-corrected chi connectivity index (χ3v) is 3.86. The van der Waals surface area contributed by atoms with Crippen molar-refractivity contribution in [3.05, 3.63) is 81.5 Å². The summed E-state index contributed by atoms with van der Waals surface area (Å²) < 4.78 is 0. The van der Waals surface area contributed by atoms with Crippen molar-refractivity contribution in [2.45, 2.75) is 6.92 Å². The highest BCUT2D eigenvalue weighted by Crippen LogP contribution is 2.18. The predicted octanol–water partition coefficient (Wildman–Crippen LogP) is 2.37. The maximum atomic E-state index is 12.2. The topological polar surface area (TPSA) is 130 Å². The van der Waals surface area contributed by atoms with Crippen LogP contribution in [0, 0.1) is 17.0 Å². The van der Waals surface area contributed by atoms with Crippen molar-refractivity contribution >= 4 is 17.5 Å². The number of H-pyrrole nitrogens is 1. The molecule has 0 unspecified atom stereocenters. The number of benzene rings is 2. The summed E-state index contributed by atoms with van der Waals surface area (Å²) in [6.45, 7) is 1.64. The van der Waals surface area contributed by atoms with E-state index < -0.39 is 16.7 Å². The van der Waals surface area contributed by atoms with Gasteiger partial charge in [0.25, 0.3) is 17.5 Å². The van der Waals surface area contributed by atoms with Gasteiger partial charge < -0.3 is 0 Å². The molecule has 2 amide bonds. The summed E-state index contributed by atoms with van der Waals surface area (Å²) in [6, 6.07) is 14.8. The average molecular weight is 365 g/mol. The molecule has 0 atom stereocenters. The van der Waals surface area contributed by atoms with Gasteiger partial charge in [-0.25, -0.2) is 0 Å². The number of aromatic amines is 1. The molecule has 0 aliphatic carbocycles. The van der Waals surface area contributed by atoms with Crippen LogP contribution in [0.3, 0.4) is 0 Å². The summed E-state index contributed by atoms with van der Waals surface area (Å²) in [6.07, 6.45) is 0. The number of nitrogens with zero attached hydrogens (tertiary/aromatic N) is 2. The summed E-state index contributed by atoms with van der Waals surface area (Å²) in [5, 5.41) is 17.5. The Morgan fingerprint density at radius 2 is 1.74 bits per heavy atom.